The van der Waals surface area contributed by atoms with E-state index in [9.17, 15) is 13.7 Å². The second kappa shape index (κ2) is 8.33. The van der Waals surface area contributed by atoms with E-state index in [2.05, 4.69) is 0 Å². The maximum absolute atomic E-state index is 12.6. The van der Waals surface area contributed by atoms with Crippen LogP contribution < -0.4 is 9.47 Å². The van der Waals surface area contributed by atoms with Crippen LogP contribution in [0, 0.1) is 11.3 Å². The van der Waals surface area contributed by atoms with E-state index >= 15 is 0 Å². The number of hydrogen-bond acceptors (Lipinski definition) is 6. The van der Waals surface area contributed by atoms with Crippen molar-refractivity contribution in [1.82, 2.24) is 0 Å². The zero-order valence-electron chi connectivity index (χ0n) is 13.5. The molecule has 0 aromatic heterocycles. The number of benzene rings is 2. The number of sulfone groups is 1. The molecule has 7 heteroatoms. The highest BCUT2D eigenvalue weighted by Crippen LogP contribution is 2.30. The molecule has 0 aliphatic rings. The predicted octanol–water partition coefficient (Wildman–Crippen LogP) is 2.40. The first-order valence-electron chi connectivity index (χ1n) is 7.36. The third-order valence-corrected chi connectivity index (χ3v) is 4.97. The minimum absolute atomic E-state index is 0.0534. The van der Waals surface area contributed by atoms with Crippen molar-refractivity contribution in [3.8, 4) is 17.6 Å². The monoisotopic (exact) mass is 359 g/mol. The molecule has 0 atom stereocenters. The fourth-order valence-electron chi connectivity index (χ4n) is 2.10. The topological polar surface area (TPSA) is 96.6 Å². The van der Waals surface area contributed by atoms with Gasteiger partial charge in [0.05, 0.1) is 18.6 Å². The molecule has 0 radical (unpaired) electrons. The normalized spacial score (nSPS) is 11.6. The van der Waals surface area contributed by atoms with E-state index in [1.807, 2.05) is 0 Å². The molecule has 0 spiro atoms. The second-order valence-corrected chi connectivity index (χ2v) is 6.84. The first kappa shape index (κ1) is 18.5. The van der Waals surface area contributed by atoms with Crippen molar-refractivity contribution >= 4 is 15.9 Å². The number of methoxy groups -OCH3 is 1. The molecule has 2 rings (SSSR count). The number of allylic oxidation sites excluding steroid dienone is 1. The summed E-state index contributed by atoms with van der Waals surface area (Å²) in [6, 6.07) is 14.3. The molecule has 0 aliphatic carbocycles. The second-order valence-electron chi connectivity index (χ2n) is 4.92. The molecule has 0 saturated heterocycles. The Labute approximate surface area is 146 Å². The van der Waals surface area contributed by atoms with Crippen LogP contribution in [0.1, 0.15) is 5.56 Å². The summed E-state index contributed by atoms with van der Waals surface area (Å²) < 4.78 is 35.6. The summed E-state index contributed by atoms with van der Waals surface area (Å²) in [7, 11) is -2.45. The molecule has 0 amide bonds. The molecule has 0 aliphatic heterocycles. The van der Waals surface area contributed by atoms with Crippen LogP contribution in [-0.4, -0.2) is 33.8 Å². The third-order valence-electron chi connectivity index (χ3n) is 3.29. The molecule has 0 fully saturated rings. The van der Waals surface area contributed by atoms with Gasteiger partial charge in [0.2, 0.25) is 9.84 Å². The smallest absolute Gasteiger partial charge is 0.216 e. The highest BCUT2D eigenvalue weighted by atomic mass is 32.2. The van der Waals surface area contributed by atoms with Gasteiger partial charge in [0.25, 0.3) is 0 Å². The van der Waals surface area contributed by atoms with Gasteiger partial charge >= 0.3 is 0 Å². The summed E-state index contributed by atoms with van der Waals surface area (Å²) in [6.07, 6.45) is 1.28. The summed E-state index contributed by atoms with van der Waals surface area (Å²) in [6.45, 7) is -0.0317. The van der Waals surface area contributed by atoms with Crippen LogP contribution >= 0.6 is 0 Å². The summed E-state index contributed by atoms with van der Waals surface area (Å²) in [5.41, 5.74) is 0.476. The summed E-state index contributed by atoms with van der Waals surface area (Å²) >= 11 is 0. The van der Waals surface area contributed by atoms with Gasteiger partial charge in [-0.3, -0.25) is 0 Å². The Kier molecular flexibility index (Phi) is 6.17. The number of rotatable bonds is 7. The van der Waals surface area contributed by atoms with Crippen molar-refractivity contribution in [2.24, 2.45) is 0 Å². The van der Waals surface area contributed by atoms with Crippen LogP contribution in [0.25, 0.3) is 6.08 Å². The molecular formula is C18H17NO5S. The zero-order chi connectivity index (χ0) is 18.3. The number of aliphatic hydroxyl groups is 1. The van der Waals surface area contributed by atoms with Crippen molar-refractivity contribution in [2.75, 3.05) is 20.3 Å². The van der Waals surface area contributed by atoms with Gasteiger partial charge in [0.15, 0.2) is 11.5 Å². The van der Waals surface area contributed by atoms with E-state index in [1.54, 1.807) is 42.5 Å². The zero-order valence-corrected chi connectivity index (χ0v) is 14.4. The van der Waals surface area contributed by atoms with Crippen LogP contribution in [0.5, 0.6) is 11.5 Å². The van der Waals surface area contributed by atoms with E-state index in [1.165, 1.54) is 25.3 Å². The largest absolute Gasteiger partial charge is 0.493 e. The summed E-state index contributed by atoms with van der Waals surface area (Å²) in [4.78, 5) is -0.317. The fourth-order valence-corrected chi connectivity index (χ4v) is 3.28. The highest BCUT2D eigenvalue weighted by Gasteiger charge is 2.20. The number of nitriles is 1. The molecule has 2 aromatic carbocycles. The van der Waals surface area contributed by atoms with E-state index in [0.29, 0.717) is 17.1 Å². The lowest BCUT2D eigenvalue weighted by Crippen LogP contribution is -2.04. The number of aliphatic hydroxyl groups excluding tert-OH is 1. The van der Waals surface area contributed by atoms with E-state index in [0.717, 1.165) is 0 Å². The molecule has 0 saturated carbocycles. The summed E-state index contributed by atoms with van der Waals surface area (Å²) in [5.74, 6) is 0.787. The lowest BCUT2D eigenvalue weighted by Gasteiger charge is -2.10. The quantitative estimate of drug-likeness (QED) is 0.763. The average molecular weight is 359 g/mol. The van der Waals surface area contributed by atoms with Crippen molar-refractivity contribution in [3.05, 3.63) is 59.0 Å². The van der Waals surface area contributed by atoms with E-state index in [-0.39, 0.29) is 23.0 Å². The van der Waals surface area contributed by atoms with Crippen LogP contribution in [0.15, 0.2) is 58.3 Å². The Balaban J connectivity index is 2.42. The van der Waals surface area contributed by atoms with Crippen LogP contribution in [0.2, 0.25) is 0 Å². The minimum Gasteiger partial charge on any atom is -0.493 e. The van der Waals surface area contributed by atoms with Gasteiger partial charge in [-0.1, -0.05) is 24.3 Å². The van der Waals surface area contributed by atoms with Crippen molar-refractivity contribution in [3.63, 3.8) is 0 Å². The van der Waals surface area contributed by atoms with Gasteiger partial charge in [-0.25, -0.2) is 8.42 Å². The van der Waals surface area contributed by atoms with Crippen LogP contribution in [0.4, 0.5) is 0 Å². The van der Waals surface area contributed by atoms with Gasteiger partial charge in [-0.2, -0.15) is 5.26 Å². The first-order chi connectivity index (χ1) is 12.0. The molecule has 130 valence electrons. The Morgan fingerprint density at radius 3 is 2.52 bits per heavy atom. The van der Waals surface area contributed by atoms with E-state index < -0.39 is 9.84 Å². The molecule has 0 heterocycles. The molecule has 25 heavy (non-hydrogen) atoms. The molecule has 0 unspecified atom stereocenters. The highest BCUT2D eigenvalue weighted by molar-refractivity contribution is 7.95. The van der Waals surface area contributed by atoms with Gasteiger partial charge in [0, 0.05) is 0 Å². The standard InChI is InChI=1S/C18H17NO5S/c1-23-18-12-14(7-8-17(18)24-10-9-20)11-16(13-19)25(21,22)15-5-3-2-4-6-15/h2-8,11-12,20H,9-10H2,1H3/b16-11-. The van der Waals surface area contributed by atoms with Crippen LogP contribution in [0.3, 0.4) is 0 Å². The molecule has 2 aromatic rings. The number of nitrogens with zero attached hydrogens (tertiary/aromatic N) is 1. The first-order valence-corrected chi connectivity index (χ1v) is 8.85. The maximum atomic E-state index is 12.6. The molecular weight excluding hydrogens is 342 g/mol. The fraction of sp³-hybridized carbons (Fsp3) is 0.167. The third kappa shape index (κ3) is 4.38. The van der Waals surface area contributed by atoms with Crippen molar-refractivity contribution in [2.45, 2.75) is 4.90 Å². The molecule has 0 bridgehead atoms. The minimum atomic E-state index is -3.90. The van der Waals surface area contributed by atoms with Gasteiger partial charge in [-0.15, -0.1) is 0 Å². The molecule has 1 N–H and O–H groups in total. The Morgan fingerprint density at radius 2 is 1.92 bits per heavy atom. The summed E-state index contributed by atoms with van der Waals surface area (Å²) in [5, 5.41) is 18.1. The average Bonchev–Trinajstić information content (AvgIpc) is 2.65. The van der Waals surface area contributed by atoms with E-state index in [4.69, 9.17) is 14.6 Å². The number of hydrogen-bond donors (Lipinski definition) is 1. The Hall–Kier alpha value is -2.82. The lowest BCUT2D eigenvalue weighted by molar-refractivity contribution is 0.196. The maximum Gasteiger partial charge on any atom is 0.216 e. The molecule has 6 nitrogen and oxygen atoms in total. The Bertz CT molecular complexity index is 899. The number of ether oxygens (including phenoxy) is 2. The van der Waals surface area contributed by atoms with Gasteiger partial charge < -0.3 is 14.6 Å². The van der Waals surface area contributed by atoms with Crippen molar-refractivity contribution in [1.29, 1.82) is 5.26 Å². The van der Waals surface area contributed by atoms with Crippen LogP contribution in [-0.2, 0) is 9.84 Å². The van der Waals surface area contributed by atoms with Gasteiger partial charge in [0.1, 0.15) is 17.6 Å². The van der Waals surface area contributed by atoms with Crippen molar-refractivity contribution < 1.29 is 23.0 Å². The van der Waals surface area contributed by atoms with Gasteiger partial charge in [-0.05, 0) is 35.9 Å². The predicted molar refractivity (Wildman–Crippen MR) is 92.8 cm³/mol. The lowest BCUT2D eigenvalue weighted by atomic mass is 10.2. The Morgan fingerprint density at radius 1 is 1.20 bits per heavy atom. The SMILES string of the molecule is COc1cc(/C=C(/C#N)S(=O)(=O)c2ccccc2)ccc1OCCO.